The van der Waals surface area contributed by atoms with Crippen LogP contribution in [0.15, 0.2) is 82.1 Å². The van der Waals surface area contributed by atoms with Gasteiger partial charge in [0.15, 0.2) is 5.76 Å². The van der Waals surface area contributed by atoms with Crippen molar-refractivity contribution < 1.29 is 28.2 Å². The van der Waals surface area contributed by atoms with Crippen LogP contribution in [0, 0.1) is 6.92 Å². The monoisotopic (exact) mass is 486 g/mol. The molecule has 0 radical (unpaired) electrons. The zero-order valence-corrected chi connectivity index (χ0v) is 19.3. The Kier molecular flexibility index (Phi) is 6.48. The van der Waals surface area contributed by atoms with E-state index in [9.17, 15) is 9.90 Å². The van der Waals surface area contributed by atoms with Crippen LogP contribution >= 0.6 is 0 Å². The van der Waals surface area contributed by atoms with E-state index in [0.717, 1.165) is 11.1 Å². The summed E-state index contributed by atoms with van der Waals surface area (Å²) in [5.41, 5.74) is 2.37. The number of aromatic nitrogens is 4. The highest BCUT2D eigenvalue weighted by atomic mass is 16.5. The lowest BCUT2D eigenvalue weighted by Gasteiger charge is -2.06. The molecule has 0 unspecified atom stereocenters. The summed E-state index contributed by atoms with van der Waals surface area (Å²) in [6.45, 7) is 2.52. The molecular formula is C26H22N4O6. The third kappa shape index (κ3) is 5.27. The largest absolute Gasteiger partial charge is 0.477 e. The molecular weight excluding hydrogens is 464 g/mol. The van der Waals surface area contributed by atoms with Gasteiger partial charge in [-0.1, -0.05) is 30.3 Å². The number of rotatable bonds is 10. The average Bonchev–Trinajstić information content (AvgIpc) is 3.63. The molecule has 10 heteroatoms. The number of nitrogens with zero attached hydrogens (tertiary/aromatic N) is 4. The van der Waals surface area contributed by atoms with Crippen LogP contribution < -0.4 is 9.47 Å². The minimum absolute atomic E-state index is 0.00394. The lowest BCUT2D eigenvalue weighted by atomic mass is 10.2. The number of aryl methyl sites for hydroxylation is 1. The van der Waals surface area contributed by atoms with Crippen molar-refractivity contribution in [3.63, 3.8) is 0 Å². The van der Waals surface area contributed by atoms with E-state index in [-0.39, 0.29) is 24.7 Å². The Balaban J connectivity index is 1.19. The fourth-order valence-electron chi connectivity index (χ4n) is 3.45. The number of aromatic carboxylic acids is 1. The van der Waals surface area contributed by atoms with Gasteiger partial charge in [0, 0.05) is 24.0 Å². The maximum atomic E-state index is 11.6. The maximum Gasteiger partial charge on any atom is 0.342 e. The topological polar surface area (TPSA) is 126 Å². The zero-order chi connectivity index (χ0) is 24.9. The molecule has 4 aromatic heterocycles. The number of carboxylic acid groups (broad SMARTS) is 1. The molecule has 0 aliphatic carbocycles. The smallest absolute Gasteiger partial charge is 0.342 e. The Morgan fingerprint density at radius 2 is 1.89 bits per heavy atom. The van der Waals surface area contributed by atoms with Gasteiger partial charge in [-0.25, -0.2) is 14.8 Å². The fraction of sp³-hybridized carbons (Fsp3) is 0.154. The SMILES string of the molecule is Cc1oc(-c2ccco2)nc1COc1ccc(COc2nn(Cc3ccccc3)cc2C(=O)O)cn1. The van der Waals surface area contributed by atoms with E-state index in [1.807, 2.05) is 30.3 Å². The number of pyridine rings is 1. The number of furan rings is 1. The summed E-state index contributed by atoms with van der Waals surface area (Å²) >= 11 is 0. The predicted molar refractivity (Wildman–Crippen MR) is 127 cm³/mol. The number of benzene rings is 1. The van der Waals surface area contributed by atoms with E-state index in [1.54, 1.807) is 48.3 Å². The van der Waals surface area contributed by atoms with Crippen molar-refractivity contribution in [1.82, 2.24) is 19.7 Å². The number of hydrogen-bond donors (Lipinski definition) is 1. The first-order valence-corrected chi connectivity index (χ1v) is 11.1. The normalized spacial score (nSPS) is 10.9. The molecule has 10 nitrogen and oxygen atoms in total. The quantitative estimate of drug-likeness (QED) is 0.298. The molecule has 1 N–H and O–H groups in total. The van der Waals surface area contributed by atoms with Crippen molar-refractivity contribution in [2.45, 2.75) is 26.7 Å². The Morgan fingerprint density at radius 3 is 2.61 bits per heavy atom. The summed E-state index contributed by atoms with van der Waals surface area (Å²) in [6, 6.07) is 16.7. The summed E-state index contributed by atoms with van der Waals surface area (Å²) in [7, 11) is 0. The summed E-state index contributed by atoms with van der Waals surface area (Å²) in [5.74, 6) is 0.912. The summed E-state index contributed by atoms with van der Waals surface area (Å²) < 4.78 is 23.9. The molecule has 5 aromatic rings. The first-order valence-electron chi connectivity index (χ1n) is 11.1. The first kappa shape index (κ1) is 22.9. The van der Waals surface area contributed by atoms with Crippen molar-refractivity contribution in [2.75, 3.05) is 0 Å². The Hall–Kier alpha value is -4.86. The Bertz CT molecular complexity index is 1440. The molecule has 0 aliphatic rings. The summed E-state index contributed by atoms with van der Waals surface area (Å²) in [4.78, 5) is 20.3. The lowest BCUT2D eigenvalue weighted by Crippen LogP contribution is -2.03. The van der Waals surface area contributed by atoms with E-state index >= 15 is 0 Å². The van der Waals surface area contributed by atoms with Crippen molar-refractivity contribution in [2.24, 2.45) is 0 Å². The molecule has 0 saturated carbocycles. The van der Waals surface area contributed by atoms with Crippen molar-refractivity contribution in [1.29, 1.82) is 0 Å². The van der Waals surface area contributed by atoms with Gasteiger partial charge in [0.1, 0.15) is 30.2 Å². The van der Waals surface area contributed by atoms with Crippen molar-refractivity contribution in [3.05, 3.63) is 101 Å². The van der Waals surface area contributed by atoms with Crippen LogP contribution in [0.25, 0.3) is 11.7 Å². The van der Waals surface area contributed by atoms with Crippen LogP contribution in [-0.4, -0.2) is 30.8 Å². The lowest BCUT2D eigenvalue weighted by molar-refractivity contribution is 0.0691. The van der Waals surface area contributed by atoms with Crippen LogP contribution in [0.3, 0.4) is 0 Å². The van der Waals surface area contributed by atoms with Gasteiger partial charge < -0.3 is 23.4 Å². The van der Waals surface area contributed by atoms with Gasteiger partial charge in [-0.3, -0.25) is 4.68 Å². The van der Waals surface area contributed by atoms with E-state index < -0.39 is 5.97 Å². The summed E-state index contributed by atoms with van der Waals surface area (Å²) in [5, 5.41) is 13.8. The van der Waals surface area contributed by atoms with E-state index in [1.165, 1.54) is 6.20 Å². The molecule has 0 spiro atoms. The molecule has 182 valence electrons. The van der Waals surface area contributed by atoms with Crippen LogP contribution in [-0.2, 0) is 19.8 Å². The first-order chi connectivity index (χ1) is 17.5. The third-order valence-electron chi connectivity index (χ3n) is 5.30. The van der Waals surface area contributed by atoms with Gasteiger partial charge >= 0.3 is 5.97 Å². The number of carbonyl (C=O) groups is 1. The molecule has 36 heavy (non-hydrogen) atoms. The summed E-state index contributed by atoms with van der Waals surface area (Å²) in [6.07, 6.45) is 4.61. The highest BCUT2D eigenvalue weighted by Gasteiger charge is 2.18. The second-order valence-electron chi connectivity index (χ2n) is 7.92. The highest BCUT2D eigenvalue weighted by Crippen LogP contribution is 2.23. The zero-order valence-electron chi connectivity index (χ0n) is 19.3. The van der Waals surface area contributed by atoms with Gasteiger partial charge in [-0.2, -0.15) is 0 Å². The average molecular weight is 486 g/mol. The van der Waals surface area contributed by atoms with Crippen molar-refractivity contribution in [3.8, 4) is 23.4 Å². The molecule has 0 bridgehead atoms. The van der Waals surface area contributed by atoms with E-state index in [0.29, 0.717) is 35.5 Å². The van der Waals surface area contributed by atoms with Gasteiger partial charge in [0.2, 0.25) is 11.8 Å². The molecule has 0 atom stereocenters. The second-order valence-corrected chi connectivity index (χ2v) is 7.92. The second kappa shape index (κ2) is 10.2. The van der Waals surface area contributed by atoms with Crippen LogP contribution in [0.5, 0.6) is 11.8 Å². The number of ether oxygens (including phenoxy) is 2. The predicted octanol–water partition coefficient (Wildman–Crippen LogP) is 4.74. The molecule has 1 aromatic carbocycles. The Morgan fingerprint density at radius 1 is 1.03 bits per heavy atom. The van der Waals surface area contributed by atoms with Crippen LogP contribution in [0.4, 0.5) is 0 Å². The van der Waals surface area contributed by atoms with E-state index in [2.05, 4.69) is 15.1 Å². The number of hydrogen-bond acceptors (Lipinski definition) is 8. The molecule has 4 heterocycles. The molecule has 5 rings (SSSR count). The third-order valence-corrected chi connectivity index (χ3v) is 5.30. The fourth-order valence-corrected chi connectivity index (χ4v) is 3.45. The number of oxazole rings is 1. The minimum Gasteiger partial charge on any atom is -0.477 e. The van der Waals surface area contributed by atoms with Crippen molar-refractivity contribution >= 4 is 5.97 Å². The van der Waals surface area contributed by atoms with Crippen LogP contribution in [0.2, 0.25) is 0 Å². The molecule has 0 aliphatic heterocycles. The minimum atomic E-state index is -1.11. The molecule has 0 amide bonds. The Labute approximate surface area is 205 Å². The van der Waals surface area contributed by atoms with Gasteiger partial charge in [0.25, 0.3) is 5.89 Å². The van der Waals surface area contributed by atoms with Gasteiger partial charge in [-0.15, -0.1) is 5.10 Å². The van der Waals surface area contributed by atoms with E-state index in [4.69, 9.17) is 18.3 Å². The van der Waals surface area contributed by atoms with Gasteiger partial charge in [-0.05, 0) is 30.7 Å². The molecule has 0 saturated heterocycles. The van der Waals surface area contributed by atoms with Gasteiger partial charge in [0.05, 0.1) is 12.8 Å². The maximum absolute atomic E-state index is 11.6. The number of carboxylic acids is 1. The molecule has 0 fully saturated rings. The van der Waals surface area contributed by atoms with Crippen LogP contribution in [0.1, 0.15) is 32.9 Å². The highest BCUT2D eigenvalue weighted by molar-refractivity contribution is 5.89. The standard InChI is InChI=1S/C26H22N4O6/c1-17-21(28-25(36-17)22-8-5-11-33-22)16-34-23-10-9-19(12-27-23)15-35-24-20(26(31)32)14-30(29-24)13-18-6-3-2-4-7-18/h2-12,14H,13,15-16H2,1H3,(H,31,32).